The Morgan fingerprint density at radius 1 is 1.38 bits per heavy atom. The molecule has 0 radical (unpaired) electrons. The van der Waals surface area contributed by atoms with Gasteiger partial charge >= 0.3 is 80.3 Å². The minimum absolute atomic E-state index is 0.0446. The summed E-state index contributed by atoms with van der Waals surface area (Å²) in [6.45, 7) is 0. The van der Waals surface area contributed by atoms with Gasteiger partial charge in [-0.2, -0.15) is 0 Å². The van der Waals surface area contributed by atoms with E-state index in [2.05, 4.69) is 12.7 Å². The number of aromatic nitrogens is 2. The van der Waals surface area contributed by atoms with Gasteiger partial charge in [-0.3, -0.25) is 0 Å². The van der Waals surface area contributed by atoms with Gasteiger partial charge in [-0.05, 0) is 0 Å². The van der Waals surface area contributed by atoms with E-state index in [-0.39, 0.29) is 20.9 Å². The Morgan fingerprint density at radius 3 is 2.92 bits per heavy atom. The first-order chi connectivity index (χ1) is 6.31. The summed E-state index contributed by atoms with van der Waals surface area (Å²) in [7, 11) is 1.36. The third-order valence-electron chi connectivity index (χ3n) is 1.67. The first kappa shape index (κ1) is 8.41. The van der Waals surface area contributed by atoms with E-state index in [4.69, 9.17) is 0 Å². The van der Waals surface area contributed by atoms with Gasteiger partial charge in [-0.1, -0.05) is 0 Å². The summed E-state index contributed by atoms with van der Waals surface area (Å²) >= 11 is -0.0446. The van der Waals surface area contributed by atoms with Crippen LogP contribution in [0.2, 0.25) is 0 Å². The van der Waals surface area contributed by atoms with Crippen molar-refractivity contribution in [3.05, 3.63) is 23.8 Å². The average molecular weight is 241 g/mol. The summed E-state index contributed by atoms with van der Waals surface area (Å²) in [4.78, 5) is 11.1. The van der Waals surface area contributed by atoms with Crippen molar-refractivity contribution in [1.82, 2.24) is 7.96 Å². The Bertz CT molecular complexity index is 452. The molecule has 0 unspecified atom stereocenters. The van der Waals surface area contributed by atoms with Crippen LogP contribution >= 0.6 is 0 Å². The van der Waals surface area contributed by atoms with E-state index in [0.717, 1.165) is 11.0 Å². The Morgan fingerprint density at radius 2 is 2.15 bits per heavy atom. The van der Waals surface area contributed by atoms with Crippen LogP contribution in [-0.4, -0.2) is 36.0 Å². The van der Waals surface area contributed by atoms with Crippen molar-refractivity contribution in [2.75, 3.05) is 7.11 Å². The van der Waals surface area contributed by atoms with Crippen LogP contribution in [0.3, 0.4) is 0 Å². The quantitative estimate of drug-likeness (QED) is 0.538. The maximum atomic E-state index is 11.1. The summed E-state index contributed by atoms with van der Waals surface area (Å²) < 4.78 is 12.9. The molecular weight excluding hydrogens is 235 g/mol. The molecule has 0 atom stereocenters. The third-order valence-corrected chi connectivity index (χ3v) is 2.84. The second kappa shape index (κ2) is 3.28. The summed E-state index contributed by atoms with van der Waals surface area (Å²) in [5.74, 6) is -0.336. The van der Waals surface area contributed by atoms with E-state index in [1.165, 1.54) is 7.11 Å². The zero-order chi connectivity index (χ0) is 9.26. The van der Waals surface area contributed by atoms with Gasteiger partial charge in [0, 0.05) is 0 Å². The zero-order valence-corrected chi connectivity index (χ0v) is 8.56. The van der Waals surface area contributed by atoms with Crippen LogP contribution in [-0.2, 0) is 4.74 Å². The van der Waals surface area contributed by atoms with Crippen molar-refractivity contribution in [2.24, 2.45) is 0 Å². The van der Waals surface area contributed by atoms with Crippen molar-refractivity contribution in [3.8, 4) is 0 Å². The predicted octanol–water partition coefficient (Wildman–Crippen LogP) is 0.473. The number of rotatable bonds is 1. The summed E-state index contributed by atoms with van der Waals surface area (Å²) in [6.07, 6.45) is 0. The number of fused-ring (bicyclic) bond motifs is 1. The van der Waals surface area contributed by atoms with Crippen molar-refractivity contribution >= 4 is 32.0 Å². The fourth-order valence-electron chi connectivity index (χ4n) is 1.03. The van der Waals surface area contributed by atoms with Gasteiger partial charge in [0.25, 0.3) is 0 Å². The van der Waals surface area contributed by atoms with Crippen molar-refractivity contribution in [2.45, 2.75) is 0 Å². The topological polar surface area (TPSA) is 52.1 Å². The van der Waals surface area contributed by atoms with Gasteiger partial charge in [0.15, 0.2) is 0 Å². The molecule has 4 nitrogen and oxygen atoms in total. The van der Waals surface area contributed by atoms with Crippen molar-refractivity contribution in [1.29, 1.82) is 0 Å². The number of esters is 1. The Kier molecular flexibility index (Phi) is 2.12. The molecule has 2 rings (SSSR count). The van der Waals surface area contributed by atoms with Crippen LogP contribution < -0.4 is 0 Å². The van der Waals surface area contributed by atoms with Gasteiger partial charge in [0.05, 0.1) is 0 Å². The Hall–Kier alpha value is -1.19. The number of carbonyl (C=O) groups is 1. The first-order valence-corrected chi connectivity index (χ1v) is 5.15. The van der Waals surface area contributed by atoms with Crippen LogP contribution in [0.1, 0.15) is 10.4 Å². The molecule has 1 aromatic heterocycles. The van der Waals surface area contributed by atoms with E-state index in [9.17, 15) is 4.79 Å². The molecule has 1 heterocycles. The van der Waals surface area contributed by atoms with Crippen LogP contribution in [0.5, 0.6) is 0 Å². The predicted molar refractivity (Wildman–Crippen MR) is 47.8 cm³/mol. The molecule has 0 spiro atoms. The fourth-order valence-corrected chi connectivity index (χ4v) is 2.11. The van der Waals surface area contributed by atoms with Crippen LogP contribution in [0.4, 0.5) is 0 Å². The molecule has 13 heavy (non-hydrogen) atoms. The molecule has 0 aliphatic heterocycles. The number of hydrogen-bond donors (Lipinski definition) is 0. The molecule has 0 aliphatic rings. The second-order valence-corrected chi connectivity index (χ2v) is 3.57. The SMILES string of the molecule is COC(=O)c1ccc2n[se]nc2c1. The Labute approximate surface area is 80.8 Å². The van der Waals surface area contributed by atoms with Gasteiger partial charge < -0.3 is 0 Å². The van der Waals surface area contributed by atoms with Crippen LogP contribution in [0, 0.1) is 0 Å². The van der Waals surface area contributed by atoms with E-state index >= 15 is 0 Å². The van der Waals surface area contributed by atoms with Crippen LogP contribution in [0.25, 0.3) is 11.0 Å². The molecule has 0 amide bonds. The summed E-state index contributed by atoms with van der Waals surface area (Å²) in [6, 6.07) is 5.20. The molecule has 66 valence electrons. The van der Waals surface area contributed by atoms with Gasteiger partial charge in [0.1, 0.15) is 0 Å². The molecule has 0 fully saturated rings. The monoisotopic (exact) mass is 242 g/mol. The van der Waals surface area contributed by atoms with E-state index < -0.39 is 0 Å². The number of carbonyl (C=O) groups excluding carboxylic acids is 1. The summed E-state index contributed by atoms with van der Waals surface area (Å²) in [5.41, 5.74) is 2.19. The van der Waals surface area contributed by atoms with Gasteiger partial charge in [-0.25, -0.2) is 0 Å². The van der Waals surface area contributed by atoms with Gasteiger partial charge in [-0.15, -0.1) is 0 Å². The van der Waals surface area contributed by atoms with Crippen molar-refractivity contribution < 1.29 is 9.53 Å². The van der Waals surface area contributed by atoms with Crippen molar-refractivity contribution in [3.63, 3.8) is 0 Å². The van der Waals surface area contributed by atoms with Gasteiger partial charge in [0.2, 0.25) is 0 Å². The molecule has 0 saturated carbocycles. The number of nitrogens with zero attached hydrogens (tertiary/aromatic N) is 2. The molecule has 0 saturated heterocycles. The maximum absolute atomic E-state index is 11.1. The van der Waals surface area contributed by atoms with E-state index in [0.29, 0.717) is 5.56 Å². The number of hydrogen-bond acceptors (Lipinski definition) is 4. The Balaban J connectivity index is 2.54. The van der Waals surface area contributed by atoms with Crippen LogP contribution in [0.15, 0.2) is 18.2 Å². The molecule has 0 bridgehead atoms. The average Bonchev–Trinajstić information content (AvgIpc) is 2.63. The minimum atomic E-state index is -0.336. The molecule has 5 heteroatoms. The van der Waals surface area contributed by atoms with E-state index in [1.807, 2.05) is 0 Å². The fraction of sp³-hybridized carbons (Fsp3) is 0.125. The second-order valence-electron chi connectivity index (χ2n) is 2.46. The summed E-state index contributed by atoms with van der Waals surface area (Å²) in [5, 5.41) is 0. The molecule has 0 N–H and O–H groups in total. The number of ether oxygens (including phenoxy) is 1. The van der Waals surface area contributed by atoms with E-state index in [1.54, 1.807) is 18.2 Å². The standard InChI is InChI=1S/C8H6N2O2Se/c1-12-8(11)5-2-3-6-7(4-5)10-13-9-6/h2-4H,1H3. The molecule has 2 aromatic rings. The zero-order valence-electron chi connectivity index (χ0n) is 6.85. The molecule has 0 aliphatic carbocycles. The third kappa shape index (κ3) is 1.48. The first-order valence-electron chi connectivity index (χ1n) is 3.62. The molecule has 1 aromatic carbocycles. The molecular formula is C8H6N2O2Se. The normalized spacial score (nSPS) is 10.2. The number of methoxy groups -OCH3 is 1. The number of benzene rings is 1.